The van der Waals surface area contributed by atoms with Gasteiger partial charge in [0.2, 0.25) is 0 Å². The third-order valence-corrected chi connectivity index (χ3v) is 3.41. The molecule has 1 aromatic rings. The summed E-state index contributed by atoms with van der Waals surface area (Å²) in [4.78, 5) is 11.7. The van der Waals surface area contributed by atoms with E-state index in [0.29, 0.717) is 18.6 Å². The minimum absolute atomic E-state index is 0.120. The number of aliphatic hydroxyl groups is 1. The van der Waals surface area contributed by atoms with E-state index in [1.165, 1.54) is 0 Å². The van der Waals surface area contributed by atoms with Gasteiger partial charge in [-0.15, -0.1) is 0 Å². The van der Waals surface area contributed by atoms with Gasteiger partial charge in [-0.2, -0.15) is 0 Å². The van der Waals surface area contributed by atoms with E-state index in [-0.39, 0.29) is 12.5 Å². The molecule has 1 aromatic carbocycles. The van der Waals surface area contributed by atoms with Gasteiger partial charge in [-0.25, -0.2) is 13.2 Å². The van der Waals surface area contributed by atoms with Crippen LogP contribution in [0.25, 0.3) is 0 Å². The molecule has 0 aromatic heterocycles. The maximum atomic E-state index is 13.4. The number of rotatable bonds is 3. The van der Waals surface area contributed by atoms with Crippen LogP contribution >= 0.6 is 0 Å². The van der Waals surface area contributed by atoms with Crippen LogP contribution in [0.2, 0.25) is 0 Å². The first-order valence-electron chi connectivity index (χ1n) is 6.10. The Kier molecular flexibility index (Phi) is 4.09. The zero-order chi connectivity index (χ0) is 14.0. The van der Waals surface area contributed by atoms with Crippen LogP contribution in [0.3, 0.4) is 0 Å². The number of hydrogen-bond acceptors (Lipinski definition) is 2. The highest BCUT2D eigenvalue weighted by atomic mass is 19.2. The second-order valence-corrected chi connectivity index (χ2v) is 4.69. The normalized spacial score (nSPS) is 22.5. The third-order valence-electron chi connectivity index (χ3n) is 3.41. The molecule has 0 bridgehead atoms. The summed E-state index contributed by atoms with van der Waals surface area (Å²) in [5, 5.41) is 11.9. The lowest BCUT2D eigenvalue weighted by Gasteiger charge is -2.15. The zero-order valence-corrected chi connectivity index (χ0v) is 10.1. The molecule has 1 fully saturated rings. The lowest BCUT2D eigenvalue weighted by atomic mass is 10.1. The van der Waals surface area contributed by atoms with Crippen LogP contribution in [0.1, 0.15) is 29.6 Å². The molecule has 19 heavy (non-hydrogen) atoms. The average Bonchev–Trinajstić information content (AvgIpc) is 2.77. The van der Waals surface area contributed by atoms with E-state index in [0.717, 1.165) is 12.8 Å². The van der Waals surface area contributed by atoms with E-state index in [1.54, 1.807) is 0 Å². The van der Waals surface area contributed by atoms with Crippen LogP contribution in [0.5, 0.6) is 0 Å². The zero-order valence-electron chi connectivity index (χ0n) is 10.1. The predicted octanol–water partition coefficient (Wildman–Crippen LogP) is 1.99. The molecule has 1 aliphatic carbocycles. The van der Waals surface area contributed by atoms with Gasteiger partial charge < -0.3 is 10.4 Å². The molecule has 0 spiro atoms. The largest absolute Gasteiger partial charge is 0.393 e. The van der Waals surface area contributed by atoms with Crippen molar-refractivity contribution in [1.82, 2.24) is 5.32 Å². The molecule has 2 atom stereocenters. The van der Waals surface area contributed by atoms with Gasteiger partial charge in [0.1, 0.15) is 11.4 Å². The summed E-state index contributed by atoms with van der Waals surface area (Å²) in [5.41, 5.74) is -0.924. The Morgan fingerprint density at radius 2 is 1.95 bits per heavy atom. The number of carbonyl (C=O) groups is 1. The highest BCUT2D eigenvalue weighted by Crippen LogP contribution is 2.25. The van der Waals surface area contributed by atoms with Crippen molar-refractivity contribution < 1.29 is 23.1 Å². The summed E-state index contributed by atoms with van der Waals surface area (Å²) in [6, 6.07) is 1.33. The van der Waals surface area contributed by atoms with Gasteiger partial charge in [0.15, 0.2) is 11.6 Å². The minimum Gasteiger partial charge on any atom is -0.393 e. The quantitative estimate of drug-likeness (QED) is 0.827. The van der Waals surface area contributed by atoms with E-state index >= 15 is 0 Å². The fourth-order valence-electron chi connectivity index (χ4n) is 2.30. The number of carbonyl (C=O) groups excluding carboxylic acids is 1. The highest BCUT2D eigenvalue weighted by Gasteiger charge is 2.27. The summed E-state index contributed by atoms with van der Waals surface area (Å²) < 4.78 is 39.7. The molecule has 2 rings (SSSR count). The highest BCUT2D eigenvalue weighted by molar-refractivity contribution is 5.94. The van der Waals surface area contributed by atoms with Gasteiger partial charge in [-0.3, -0.25) is 4.79 Å². The average molecular weight is 273 g/mol. The van der Waals surface area contributed by atoms with Crippen molar-refractivity contribution >= 4 is 5.91 Å². The molecule has 1 amide bonds. The Hall–Kier alpha value is -1.56. The van der Waals surface area contributed by atoms with Crippen molar-refractivity contribution in [3.8, 4) is 0 Å². The van der Waals surface area contributed by atoms with Gasteiger partial charge in [0, 0.05) is 12.5 Å². The number of hydrogen-bond donors (Lipinski definition) is 2. The maximum absolute atomic E-state index is 13.4. The molecule has 6 heteroatoms. The van der Waals surface area contributed by atoms with Gasteiger partial charge in [0.25, 0.3) is 5.91 Å². The predicted molar refractivity (Wildman–Crippen MR) is 62.0 cm³/mol. The summed E-state index contributed by atoms with van der Waals surface area (Å²) in [6.07, 6.45) is 1.74. The Labute approximate surface area is 108 Å². The van der Waals surface area contributed by atoms with Crippen molar-refractivity contribution in [1.29, 1.82) is 0 Å². The van der Waals surface area contributed by atoms with Crippen molar-refractivity contribution in [2.45, 2.75) is 25.4 Å². The number of aliphatic hydroxyl groups excluding tert-OH is 1. The summed E-state index contributed by atoms with van der Waals surface area (Å²) in [6.45, 7) is 0.120. The Bertz CT molecular complexity index is 493. The molecule has 0 aliphatic heterocycles. The van der Waals surface area contributed by atoms with Crippen molar-refractivity contribution in [2.24, 2.45) is 5.92 Å². The van der Waals surface area contributed by atoms with Crippen molar-refractivity contribution in [3.05, 3.63) is 35.1 Å². The standard InChI is InChI=1S/C13H14F3NO2/c14-8-4-5-9(15)12(16)11(8)13(19)17-6-7-2-1-3-10(7)18/h4-5,7,10,18H,1-3,6H2,(H,17,19)/t7-,10+/m0/s1. The lowest BCUT2D eigenvalue weighted by molar-refractivity contribution is 0.0907. The van der Waals surface area contributed by atoms with E-state index in [9.17, 15) is 23.1 Å². The van der Waals surface area contributed by atoms with Crippen LogP contribution in [0.15, 0.2) is 12.1 Å². The SMILES string of the molecule is O=C(NC[C@@H]1CCC[C@H]1O)c1c(F)ccc(F)c1F. The summed E-state index contributed by atoms with van der Waals surface area (Å²) in [5.74, 6) is -5.00. The van der Waals surface area contributed by atoms with Gasteiger partial charge in [-0.05, 0) is 25.0 Å². The van der Waals surface area contributed by atoms with Crippen molar-refractivity contribution in [3.63, 3.8) is 0 Å². The molecule has 0 radical (unpaired) electrons. The van der Waals surface area contributed by atoms with E-state index in [4.69, 9.17) is 0 Å². The number of amides is 1. The molecular weight excluding hydrogens is 259 g/mol. The first-order valence-corrected chi connectivity index (χ1v) is 6.10. The first-order chi connectivity index (χ1) is 9.00. The molecule has 1 saturated carbocycles. The number of nitrogens with one attached hydrogen (secondary N) is 1. The Morgan fingerprint density at radius 3 is 2.58 bits per heavy atom. The maximum Gasteiger partial charge on any atom is 0.257 e. The van der Waals surface area contributed by atoms with E-state index < -0.39 is 35.0 Å². The molecular formula is C13H14F3NO2. The Balaban J connectivity index is 2.06. The molecule has 0 saturated heterocycles. The molecule has 104 valence electrons. The van der Waals surface area contributed by atoms with Gasteiger partial charge >= 0.3 is 0 Å². The minimum atomic E-state index is -1.50. The summed E-state index contributed by atoms with van der Waals surface area (Å²) in [7, 11) is 0. The third kappa shape index (κ3) is 2.89. The second-order valence-electron chi connectivity index (χ2n) is 4.69. The summed E-state index contributed by atoms with van der Waals surface area (Å²) >= 11 is 0. The first kappa shape index (κ1) is 13.9. The van der Waals surface area contributed by atoms with Gasteiger partial charge in [0.05, 0.1) is 6.10 Å². The molecule has 3 nitrogen and oxygen atoms in total. The van der Waals surface area contributed by atoms with Crippen molar-refractivity contribution in [2.75, 3.05) is 6.54 Å². The fourth-order valence-corrected chi connectivity index (χ4v) is 2.30. The number of benzene rings is 1. The Morgan fingerprint density at radius 1 is 1.26 bits per heavy atom. The second kappa shape index (κ2) is 5.61. The topological polar surface area (TPSA) is 49.3 Å². The van der Waals surface area contributed by atoms with Crippen LogP contribution < -0.4 is 5.32 Å². The van der Waals surface area contributed by atoms with E-state index in [2.05, 4.69) is 5.32 Å². The monoisotopic (exact) mass is 273 g/mol. The van der Waals surface area contributed by atoms with Crippen LogP contribution in [0, 0.1) is 23.4 Å². The van der Waals surface area contributed by atoms with Crippen LogP contribution in [-0.2, 0) is 0 Å². The lowest BCUT2D eigenvalue weighted by Crippen LogP contribution is -2.33. The molecule has 1 aliphatic rings. The molecule has 0 unspecified atom stereocenters. The van der Waals surface area contributed by atoms with Crippen LogP contribution in [-0.4, -0.2) is 23.7 Å². The number of halogens is 3. The molecule has 2 N–H and O–H groups in total. The van der Waals surface area contributed by atoms with Gasteiger partial charge in [-0.1, -0.05) is 6.42 Å². The van der Waals surface area contributed by atoms with Crippen LogP contribution in [0.4, 0.5) is 13.2 Å². The van der Waals surface area contributed by atoms with E-state index in [1.807, 2.05) is 0 Å². The smallest absolute Gasteiger partial charge is 0.257 e. The fraction of sp³-hybridized carbons (Fsp3) is 0.462. The molecule has 0 heterocycles.